The maximum Gasteiger partial charge on any atom is 0.410 e. The van der Waals surface area contributed by atoms with Crippen molar-refractivity contribution in [3.63, 3.8) is 0 Å². The SMILES string of the molecule is CC(C)(C)OC(=O)N1CCC[C@H](C[S@](=O)c2ccccn2)C1. The molecule has 0 bridgehead atoms. The molecule has 0 spiro atoms. The molecule has 1 aliphatic heterocycles. The van der Waals surface area contributed by atoms with Crippen molar-refractivity contribution in [3.05, 3.63) is 24.4 Å². The number of carbonyl (C=O) groups excluding carboxylic acids is 1. The Morgan fingerprint density at radius 2 is 2.23 bits per heavy atom. The van der Waals surface area contributed by atoms with E-state index < -0.39 is 16.4 Å². The Morgan fingerprint density at radius 3 is 2.86 bits per heavy atom. The first-order valence-electron chi connectivity index (χ1n) is 7.62. The molecule has 2 rings (SSSR count). The van der Waals surface area contributed by atoms with Crippen molar-refractivity contribution in [1.82, 2.24) is 9.88 Å². The average Bonchev–Trinajstić information content (AvgIpc) is 2.46. The minimum atomic E-state index is -1.12. The van der Waals surface area contributed by atoms with Crippen LogP contribution in [0.15, 0.2) is 29.4 Å². The molecule has 6 heteroatoms. The monoisotopic (exact) mass is 324 g/mol. The minimum Gasteiger partial charge on any atom is -0.444 e. The highest BCUT2D eigenvalue weighted by molar-refractivity contribution is 7.84. The van der Waals surface area contributed by atoms with Crippen molar-refractivity contribution < 1.29 is 13.7 Å². The van der Waals surface area contributed by atoms with Gasteiger partial charge in [-0.1, -0.05) is 6.07 Å². The second-order valence-corrected chi connectivity index (χ2v) is 8.06. The second kappa shape index (κ2) is 7.22. The molecule has 1 fully saturated rings. The first-order valence-corrected chi connectivity index (χ1v) is 8.94. The molecule has 2 heterocycles. The van der Waals surface area contributed by atoms with Crippen molar-refractivity contribution >= 4 is 16.9 Å². The van der Waals surface area contributed by atoms with Crippen LogP contribution in [0.1, 0.15) is 33.6 Å². The summed E-state index contributed by atoms with van der Waals surface area (Å²) in [6.45, 7) is 6.91. The molecule has 5 nitrogen and oxygen atoms in total. The number of ether oxygens (including phenoxy) is 1. The van der Waals surface area contributed by atoms with Crippen LogP contribution >= 0.6 is 0 Å². The fourth-order valence-corrected chi connectivity index (χ4v) is 3.75. The summed E-state index contributed by atoms with van der Waals surface area (Å²) in [6, 6.07) is 5.43. The average molecular weight is 324 g/mol. The highest BCUT2D eigenvalue weighted by atomic mass is 32.2. The predicted octanol–water partition coefficient (Wildman–Crippen LogP) is 2.84. The van der Waals surface area contributed by atoms with Gasteiger partial charge in [0.15, 0.2) is 0 Å². The summed E-state index contributed by atoms with van der Waals surface area (Å²) in [6.07, 6.45) is 3.28. The second-order valence-electron chi connectivity index (χ2n) is 6.61. The lowest BCUT2D eigenvalue weighted by Crippen LogP contribution is -2.44. The summed E-state index contributed by atoms with van der Waals surface area (Å²) >= 11 is 0. The van der Waals surface area contributed by atoms with Crippen LogP contribution in [0, 0.1) is 5.92 Å². The van der Waals surface area contributed by atoms with E-state index in [4.69, 9.17) is 4.74 Å². The standard InChI is InChI=1S/C16H24N2O3S/c1-16(2,3)21-15(19)18-10-6-7-13(11-18)12-22(20)14-8-4-5-9-17-14/h4-5,8-9,13H,6-7,10-12H2,1-3H3/t13-,22-/m0/s1. The Labute approximate surface area is 134 Å². The van der Waals surface area contributed by atoms with E-state index in [1.165, 1.54) is 0 Å². The van der Waals surface area contributed by atoms with E-state index in [9.17, 15) is 9.00 Å². The Kier molecular flexibility index (Phi) is 5.56. The number of hydrogen-bond acceptors (Lipinski definition) is 4. The van der Waals surface area contributed by atoms with Gasteiger partial charge in [-0.15, -0.1) is 0 Å². The normalized spacial score (nSPS) is 20.5. The van der Waals surface area contributed by atoms with E-state index in [0.29, 0.717) is 23.9 Å². The smallest absolute Gasteiger partial charge is 0.410 e. The van der Waals surface area contributed by atoms with Gasteiger partial charge in [0.25, 0.3) is 0 Å². The minimum absolute atomic E-state index is 0.226. The van der Waals surface area contributed by atoms with Gasteiger partial charge in [0, 0.05) is 25.0 Å². The summed E-state index contributed by atoms with van der Waals surface area (Å²) in [4.78, 5) is 18.0. The summed E-state index contributed by atoms with van der Waals surface area (Å²) in [7, 11) is -1.12. The number of piperidine rings is 1. The van der Waals surface area contributed by atoms with Crippen molar-refractivity contribution in [3.8, 4) is 0 Å². The summed E-state index contributed by atoms with van der Waals surface area (Å²) in [5, 5.41) is 0.608. The van der Waals surface area contributed by atoms with Gasteiger partial charge in [-0.2, -0.15) is 0 Å². The molecule has 1 amide bonds. The lowest BCUT2D eigenvalue weighted by atomic mass is 10.0. The zero-order chi connectivity index (χ0) is 16.2. The summed E-state index contributed by atoms with van der Waals surface area (Å²) in [5.41, 5.74) is -0.485. The van der Waals surface area contributed by atoms with Crippen LogP contribution in [0.3, 0.4) is 0 Å². The molecule has 2 atom stereocenters. The molecule has 0 unspecified atom stereocenters. The van der Waals surface area contributed by atoms with Crippen LogP contribution in [0.5, 0.6) is 0 Å². The molecule has 0 aliphatic carbocycles. The molecular formula is C16H24N2O3S. The van der Waals surface area contributed by atoms with Crippen molar-refractivity contribution in [2.75, 3.05) is 18.8 Å². The number of carbonyl (C=O) groups is 1. The fourth-order valence-electron chi connectivity index (χ4n) is 2.47. The van der Waals surface area contributed by atoms with Crippen LogP contribution in [0.2, 0.25) is 0 Å². The highest BCUT2D eigenvalue weighted by Crippen LogP contribution is 2.21. The van der Waals surface area contributed by atoms with Crippen molar-refractivity contribution in [1.29, 1.82) is 0 Å². The largest absolute Gasteiger partial charge is 0.444 e. The van der Waals surface area contributed by atoms with E-state index in [1.807, 2.05) is 32.9 Å². The zero-order valence-corrected chi connectivity index (χ0v) is 14.3. The first kappa shape index (κ1) is 16.9. The number of likely N-dealkylation sites (tertiary alicyclic amines) is 1. The molecule has 0 radical (unpaired) electrons. The Morgan fingerprint density at radius 1 is 1.45 bits per heavy atom. The lowest BCUT2D eigenvalue weighted by Gasteiger charge is -2.33. The number of amides is 1. The topological polar surface area (TPSA) is 59.5 Å². The molecule has 0 N–H and O–H groups in total. The highest BCUT2D eigenvalue weighted by Gasteiger charge is 2.28. The molecule has 1 aromatic heterocycles. The van der Waals surface area contributed by atoms with Gasteiger partial charge in [-0.05, 0) is 51.7 Å². The fraction of sp³-hybridized carbons (Fsp3) is 0.625. The van der Waals surface area contributed by atoms with Gasteiger partial charge in [-0.3, -0.25) is 4.21 Å². The number of pyridine rings is 1. The number of rotatable bonds is 3. The molecule has 0 aromatic carbocycles. The molecule has 1 aromatic rings. The number of hydrogen-bond donors (Lipinski definition) is 0. The van der Waals surface area contributed by atoms with E-state index >= 15 is 0 Å². The lowest BCUT2D eigenvalue weighted by molar-refractivity contribution is 0.0176. The van der Waals surface area contributed by atoms with Crippen LogP contribution in [-0.4, -0.2) is 44.6 Å². The van der Waals surface area contributed by atoms with Gasteiger partial charge in [0.2, 0.25) is 0 Å². The molecule has 0 saturated carbocycles. The summed E-state index contributed by atoms with van der Waals surface area (Å²) < 4.78 is 17.7. The van der Waals surface area contributed by atoms with Crippen molar-refractivity contribution in [2.45, 2.75) is 44.2 Å². The Hall–Kier alpha value is -1.43. The maximum atomic E-state index is 12.3. The van der Waals surface area contributed by atoms with Gasteiger partial charge < -0.3 is 9.64 Å². The van der Waals surface area contributed by atoms with Crippen molar-refractivity contribution in [2.24, 2.45) is 5.92 Å². The van der Waals surface area contributed by atoms with Gasteiger partial charge in [-0.25, -0.2) is 9.78 Å². The number of nitrogens with zero attached hydrogens (tertiary/aromatic N) is 2. The third-order valence-corrected chi connectivity index (χ3v) is 4.91. The van der Waals surface area contributed by atoms with E-state index in [2.05, 4.69) is 4.98 Å². The Balaban J connectivity index is 1.91. The number of aromatic nitrogens is 1. The van der Waals surface area contributed by atoms with Crippen LogP contribution < -0.4 is 0 Å². The van der Waals surface area contributed by atoms with E-state index in [-0.39, 0.29) is 12.0 Å². The first-order chi connectivity index (χ1) is 10.3. The van der Waals surface area contributed by atoms with Gasteiger partial charge in [0.1, 0.15) is 10.6 Å². The third-order valence-electron chi connectivity index (χ3n) is 3.43. The maximum absolute atomic E-state index is 12.3. The zero-order valence-electron chi connectivity index (χ0n) is 13.4. The molecule has 1 saturated heterocycles. The molecule has 1 aliphatic rings. The van der Waals surface area contributed by atoms with E-state index in [1.54, 1.807) is 17.2 Å². The van der Waals surface area contributed by atoms with Crippen LogP contribution in [0.25, 0.3) is 0 Å². The van der Waals surface area contributed by atoms with E-state index in [0.717, 1.165) is 12.8 Å². The Bertz CT molecular complexity index is 528. The third kappa shape index (κ3) is 5.09. The molecule has 122 valence electrons. The van der Waals surface area contributed by atoms with Crippen LogP contribution in [0.4, 0.5) is 4.79 Å². The molecular weight excluding hydrogens is 300 g/mol. The predicted molar refractivity (Wildman–Crippen MR) is 86.0 cm³/mol. The summed E-state index contributed by atoms with van der Waals surface area (Å²) in [5.74, 6) is 0.764. The van der Waals surface area contributed by atoms with Gasteiger partial charge >= 0.3 is 6.09 Å². The quantitative estimate of drug-likeness (QED) is 0.858. The van der Waals surface area contributed by atoms with Gasteiger partial charge in [0.05, 0.1) is 10.8 Å². The molecule has 22 heavy (non-hydrogen) atoms. The van der Waals surface area contributed by atoms with Crippen LogP contribution in [-0.2, 0) is 15.5 Å².